The number of hydrogen-bond donors (Lipinski definition) is 25. The second kappa shape index (κ2) is 46.6. The highest BCUT2D eigenvalue weighted by Crippen LogP contribution is 2.15. The van der Waals surface area contributed by atoms with Gasteiger partial charge in [-0.2, -0.15) is 0 Å². The molecule has 11 atom stereocenters. The molecule has 42 heteroatoms. The van der Waals surface area contributed by atoms with Crippen LogP contribution in [0.3, 0.4) is 0 Å². The zero-order valence-electron chi connectivity index (χ0n) is 61.2. The molecule has 0 spiro atoms. The molecule has 0 radical (unpaired) electrons. The molecule has 0 aliphatic carbocycles. The number of carboxylic acid groups (broad SMARTS) is 2. The summed E-state index contributed by atoms with van der Waals surface area (Å²) in [5.74, 6) is -14.1. The molecule has 0 saturated heterocycles. The van der Waals surface area contributed by atoms with E-state index in [2.05, 4.69) is 104 Å². The van der Waals surface area contributed by atoms with Crippen LogP contribution in [0.15, 0.2) is 105 Å². The van der Waals surface area contributed by atoms with E-state index in [1.54, 1.807) is 30.3 Å². The van der Waals surface area contributed by atoms with Gasteiger partial charge in [0.25, 0.3) is 0 Å². The number of unbranched alkanes of at least 4 members (excludes halogenated alkanes) is 2. The predicted molar refractivity (Wildman–Crippen MR) is 398 cm³/mol. The van der Waals surface area contributed by atoms with E-state index in [4.69, 9.17) is 28.3 Å². The fourth-order valence-corrected chi connectivity index (χ4v) is 11.3. The van der Waals surface area contributed by atoms with Gasteiger partial charge in [0.1, 0.15) is 66.2 Å². The topological polar surface area (TPSA) is 690 Å². The molecule has 42 nitrogen and oxygen atoms in total. The molecule has 6 aromatic rings. The molecular formula is C70H99N25O17. The Bertz CT molecular complexity index is 4000. The van der Waals surface area contributed by atoms with Gasteiger partial charge in [-0.1, -0.05) is 48.9 Å². The number of aliphatic hydroxyl groups excluding tert-OH is 1. The Morgan fingerprint density at radius 1 is 0.411 bits per heavy atom. The summed E-state index contributed by atoms with van der Waals surface area (Å²) in [6.45, 7) is -1.38. The van der Waals surface area contributed by atoms with Gasteiger partial charge in [0.05, 0.1) is 67.3 Å². The largest absolute Gasteiger partial charge is 0.508 e. The van der Waals surface area contributed by atoms with Crippen molar-refractivity contribution in [3.8, 4) is 5.75 Å². The fourth-order valence-electron chi connectivity index (χ4n) is 11.3. The Labute approximate surface area is 641 Å². The van der Waals surface area contributed by atoms with Crippen molar-refractivity contribution in [3.63, 3.8) is 0 Å². The number of carbonyl (C=O) groups is 13. The number of phenolic OH excluding ortho intramolecular Hbond substituents is 1. The fraction of sp³-hybridized carbons (Fsp3) is 0.457. The SMILES string of the molecule is N=C(N)NCCC[C@H](NC(=O)[C@H](Cc1c[nH]cn1)NC(=O)[C@H](CO)NC(=O)[C@H](Cc1c[nH]cn1)NC(=O)[C@H](Cc1c[nH]cn1)NC(=O)[C@H](CCCCN)NC(=O)[C@H](CCC(=O)O)NC(=O)[C@@H](Cc1c[nH]cn1)NC(=O)[C@H](Cc1ccccc1)NC(=O)[C@@H](N)CCCCN)C(=O)NCC(=O)N[C@@H](Cc1ccc(O)cc1)C(=O)O. The maximum atomic E-state index is 14.8. The quantitative estimate of drug-likeness (QED) is 0.00960. The number of nitrogens with one attached hydrogen (secondary N) is 17. The van der Waals surface area contributed by atoms with Crippen LogP contribution in [-0.2, 0) is 101 Å². The molecule has 4 heterocycles. The number of carboxylic acids is 2. The summed E-state index contributed by atoms with van der Waals surface area (Å²) in [6, 6.07) is -2.78. The van der Waals surface area contributed by atoms with E-state index in [9.17, 15) is 82.8 Å². The first-order valence-electron chi connectivity index (χ1n) is 36.0. The van der Waals surface area contributed by atoms with Crippen molar-refractivity contribution in [1.82, 2.24) is 104 Å². The minimum absolute atomic E-state index is 0.0260. The second-order valence-electron chi connectivity index (χ2n) is 26.1. The van der Waals surface area contributed by atoms with Gasteiger partial charge in [0.2, 0.25) is 65.0 Å². The number of aromatic nitrogens is 8. The first-order chi connectivity index (χ1) is 53.7. The summed E-state index contributed by atoms with van der Waals surface area (Å²) in [4.78, 5) is 209. The average Bonchev–Trinajstić information content (AvgIpc) is 1.26. The lowest BCUT2D eigenvalue weighted by Crippen LogP contribution is -2.61. The first-order valence-corrected chi connectivity index (χ1v) is 36.0. The minimum atomic E-state index is -1.90. The number of H-pyrrole nitrogens is 4. The van der Waals surface area contributed by atoms with E-state index in [1.807, 2.05) is 0 Å². The minimum Gasteiger partial charge on any atom is -0.508 e. The normalized spacial score (nSPS) is 14.0. The number of guanidine groups is 1. The molecule has 0 aliphatic heterocycles. The number of hydrogen-bond acceptors (Lipinski definition) is 23. The van der Waals surface area contributed by atoms with Crippen molar-refractivity contribution in [1.29, 1.82) is 5.41 Å². The van der Waals surface area contributed by atoms with Crippen molar-refractivity contribution >= 4 is 82.9 Å². The molecule has 6 rings (SSSR count). The van der Waals surface area contributed by atoms with Gasteiger partial charge in [0.15, 0.2) is 5.96 Å². The Morgan fingerprint density at radius 3 is 1.19 bits per heavy atom. The van der Waals surface area contributed by atoms with Crippen LogP contribution in [-0.4, -0.2) is 242 Å². The molecule has 0 unspecified atom stereocenters. The number of imidazole rings is 4. The molecular weight excluding hydrogens is 1460 g/mol. The number of aromatic amines is 4. The van der Waals surface area contributed by atoms with Gasteiger partial charge in [-0.05, 0) is 87.7 Å². The number of aliphatic hydroxyl groups is 1. The van der Waals surface area contributed by atoms with E-state index in [1.165, 1.54) is 74.4 Å². The summed E-state index contributed by atoms with van der Waals surface area (Å²) in [5.41, 5.74) is 25.1. The Hall–Kier alpha value is -12.7. The summed E-state index contributed by atoms with van der Waals surface area (Å²) in [6.07, 6.45) is 9.36. The third-order valence-electron chi connectivity index (χ3n) is 17.4. The molecule has 4 aromatic heterocycles. The van der Waals surface area contributed by atoms with E-state index < -0.39 is 182 Å². The van der Waals surface area contributed by atoms with Crippen LogP contribution in [0.25, 0.3) is 0 Å². The highest BCUT2D eigenvalue weighted by Gasteiger charge is 2.37. The van der Waals surface area contributed by atoms with Crippen LogP contribution in [0.1, 0.15) is 98.1 Å². The maximum absolute atomic E-state index is 14.8. The third-order valence-corrected chi connectivity index (χ3v) is 17.4. The maximum Gasteiger partial charge on any atom is 0.326 e. The number of rotatable bonds is 51. The van der Waals surface area contributed by atoms with Crippen LogP contribution in [0.5, 0.6) is 5.75 Å². The van der Waals surface area contributed by atoms with E-state index in [-0.39, 0.29) is 106 Å². The first kappa shape index (κ1) is 88.2. The number of aliphatic carboxylic acids is 2. The Balaban J connectivity index is 1.20. The zero-order valence-corrected chi connectivity index (χ0v) is 61.2. The highest BCUT2D eigenvalue weighted by molar-refractivity contribution is 5.99. The lowest BCUT2D eigenvalue weighted by atomic mass is 10.0. The lowest BCUT2D eigenvalue weighted by molar-refractivity contribution is -0.141. The highest BCUT2D eigenvalue weighted by atomic mass is 16.4. The van der Waals surface area contributed by atoms with Gasteiger partial charge in [-0.25, -0.2) is 24.7 Å². The molecule has 11 amide bonds. The van der Waals surface area contributed by atoms with Crippen LogP contribution in [0.2, 0.25) is 0 Å². The molecule has 0 aliphatic rings. The van der Waals surface area contributed by atoms with Crippen LogP contribution in [0, 0.1) is 5.41 Å². The van der Waals surface area contributed by atoms with E-state index >= 15 is 0 Å². The predicted octanol–water partition coefficient (Wildman–Crippen LogP) is -6.20. The number of nitrogens with zero attached hydrogens (tertiary/aromatic N) is 4. The van der Waals surface area contributed by atoms with Gasteiger partial charge in [-0.15, -0.1) is 0 Å². The third kappa shape index (κ3) is 31.1. The number of nitrogens with two attached hydrogens (primary N) is 4. The van der Waals surface area contributed by atoms with Crippen molar-refractivity contribution < 1.29 is 82.8 Å². The Kier molecular flexibility index (Phi) is 36.7. The Morgan fingerprint density at radius 2 is 0.777 bits per heavy atom. The van der Waals surface area contributed by atoms with Crippen LogP contribution in [0.4, 0.5) is 0 Å². The summed E-state index contributed by atoms with van der Waals surface area (Å²) in [7, 11) is 0. The average molecular weight is 1560 g/mol. The summed E-state index contributed by atoms with van der Waals surface area (Å²) >= 11 is 0. The molecule has 0 saturated carbocycles. The number of amides is 11. The van der Waals surface area contributed by atoms with Crippen molar-refractivity contribution in [2.75, 3.05) is 32.8 Å². The van der Waals surface area contributed by atoms with Crippen LogP contribution < -0.4 is 86.7 Å². The van der Waals surface area contributed by atoms with Gasteiger partial charge in [0, 0.05) is 76.3 Å². The molecule has 29 N–H and O–H groups in total. The second-order valence-corrected chi connectivity index (χ2v) is 26.1. The zero-order chi connectivity index (χ0) is 81.5. The van der Waals surface area contributed by atoms with Crippen LogP contribution >= 0.6 is 0 Å². The molecule has 112 heavy (non-hydrogen) atoms. The van der Waals surface area contributed by atoms with Crippen molar-refractivity contribution in [2.24, 2.45) is 22.9 Å². The molecule has 0 fully saturated rings. The van der Waals surface area contributed by atoms with Crippen molar-refractivity contribution in [2.45, 2.75) is 169 Å². The number of benzene rings is 2. The summed E-state index contributed by atoms with van der Waals surface area (Å²) < 4.78 is 0. The van der Waals surface area contributed by atoms with Gasteiger partial charge < -0.3 is 127 Å². The molecule has 0 bridgehead atoms. The lowest BCUT2D eigenvalue weighted by Gasteiger charge is -2.28. The van der Waals surface area contributed by atoms with Gasteiger partial charge >= 0.3 is 11.9 Å². The van der Waals surface area contributed by atoms with E-state index in [0.717, 1.165) is 0 Å². The molecule has 606 valence electrons. The monoisotopic (exact) mass is 1560 g/mol. The summed E-state index contributed by atoms with van der Waals surface area (Å²) in [5, 5.41) is 78.0. The smallest absolute Gasteiger partial charge is 0.326 e. The van der Waals surface area contributed by atoms with Crippen molar-refractivity contribution in [3.05, 3.63) is 139 Å². The number of aromatic hydroxyl groups is 1. The number of phenols is 1. The van der Waals surface area contributed by atoms with Gasteiger partial charge in [-0.3, -0.25) is 62.9 Å². The van der Waals surface area contributed by atoms with E-state index in [0.29, 0.717) is 36.9 Å². The number of carbonyl (C=O) groups excluding carboxylic acids is 11. The molecule has 2 aromatic carbocycles. The standard InChI is InChI=1S/C70H99N25O17/c71-20-6-4-11-46(73)59(101)90-50(23-39-9-2-1-3-10-39)63(105)92-51(25-41-29-76-35-82-41)65(107)89-49(18-19-58(99)100)62(104)88-48(12-5-7-21-72)61(103)91-53(27-43-31-78-37-84-43)66(108)93-54(28-44-32-79-38-85-44)67(109)95-56(34-96)68(110)94-52(26-42-30-77-36-83-42)64(106)87-47(13-8-22-80-70(74)75)60(102)81-33-57(98)86-55(69(111)112)24-40-14-16-45(97)17-15-40/h1-3,9-10,14-17,29-32,35-38,46-56,96-97H,4-8,11-13,18-28,33-34,71-73H2,(H,76,82)(H,77,83)(H,78,84)(H,79,85)(H,81,102)(H,86,98)(H,87,106)(H,88,104)(H,89,107)(H,90,101)(H,91,103)(H,92,105)(H,93,108)(H,94,110)(H,95,109)(H,99,100)(H,111,112)(H4,74,75,80)/t46-,47-,48-,49-,50-,51+,52-,53-,54-,55-,56-/m0/s1.